The number of benzene rings is 9. The third-order valence-corrected chi connectivity index (χ3v) is 10.0. The second kappa shape index (κ2) is 11.5. The zero-order valence-electron chi connectivity index (χ0n) is 27.3. The number of hydrogen-bond acceptors (Lipinski definition) is 2. The predicted molar refractivity (Wildman–Crippen MR) is 212 cm³/mol. The van der Waals surface area contributed by atoms with E-state index in [4.69, 9.17) is 4.42 Å². The van der Waals surface area contributed by atoms with E-state index in [1.54, 1.807) is 0 Å². The molecule has 0 amide bonds. The molecular weight excluding hydrogens is 607 g/mol. The van der Waals surface area contributed by atoms with Crippen molar-refractivity contribution in [3.63, 3.8) is 0 Å². The van der Waals surface area contributed by atoms with Gasteiger partial charge in [0, 0.05) is 39.3 Å². The molecule has 9 aromatic carbocycles. The molecule has 2 heteroatoms. The number of para-hydroxylation sites is 1. The molecule has 0 unspecified atom stereocenters. The van der Waals surface area contributed by atoms with Crippen molar-refractivity contribution in [2.75, 3.05) is 4.90 Å². The molecule has 2 nitrogen and oxygen atoms in total. The van der Waals surface area contributed by atoms with Gasteiger partial charge < -0.3 is 9.32 Å². The first-order chi connectivity index (χ1) is 24.8. The summed E-state index contributed by atoms with van der Waals surface area (Å²) in [6, 6.07) is 67.4. The fraction of sp³-hybridized carbons (Fsp3) is 0. The molecule has 234 valence electrons. The quantitative estimate of drug-likeness (QED) is 0.175. The zero-order valence-corrected chi connectivity index (χ0v) is 27.3. The molecule has 0 spiro atoms. The van der Waals surface area contributed by atoms with Crippen molar-refractivity contribution < 1.29 is 4.42 Å². The van der Waals surface area contributed by atoms with Crippen LogP contribution in [0.15, 0.2) is 192 Å². The third-order valence-electron chi connectivity index (χ3n) is 10.0. The largest absolute Gasteiger partial charge is 0.455 e. The van der Waals surface area contributed by atoms with E-state index in [-0.39, 0.29) is 0 Å². The number of anilines is 3. The van der Waals surface area contributed by atoms with Gasteiger partial charge in [-0.1, -0.05) is 140 Å². The molecule has 10 aromatic rings. The first kappa shape index (κ1) is 28.4. The maximum absolute atomic E-state index is 6.66. The lowest BCUT2D eigenvalue weighted by Gasteiger charge is -2.27. The van der Waals surface area contributed by atoms with Gasteiger partial charge in [-0.05, 0) is 91.6 Å². The van der Waals surface area contributed by atoms with Gasteiger partial charge in [0.05, 0.1) is 0 Å². The van der Waals surface area contributed by atoms with Crippen molar-refractivity contribution in [2.45, 2.75) is 0 Å². The predicted octanol–water partition coefficient (Wildman–Crippen LogP) is 13.8. The van der Waals surface area contributed by atoms with Crippen LogP contribution in [0.4, 0.5) is 17.1 Å². The smallest absolute Gasteiger partial charge is 0.143 e. The average Bonchev–Trinajstić information content (AvgIpc) is 3.57. The minimum absolute atomic E-state index is 0.873. The van der Waals surface area contributed by atoms with E-state index in [2.05, 4.69) is 193 Å². The molecule has 0 bridgehead atoms. The van der Waals surface area contributed by atoms with Gasteiger partial charge in [0.2, 0.25) is 0 Å². The zero-order chi connectivity index (χ0) is 33.0. The molecule has 0 atom stereocenters. The van der Waals surface area contributed by atoms with Crippen molar-refractivity contribution in [1.29, 1.82) is 0 Å². The van der Waals surface area contributed by atoms with Crippen LogP contribution in [0.2, 0.25) is 0 Å². The number of fused-ring (bicyclic) bond motifs is 8. The van der Waals surface area contributed by atoms with Crippen LogP contribution in [0.1, 0.15) is 0 Å². The second-order valence-corrected chi connectivity index (χ2v) is 12.9. The van der Waals surface area contributed by atoms with Gasteiger partial charge in [0.1, 0.15) is 11.2 Å². The summed E-state index contributed by atoms with van der Waals surface area (Å²) in [5.41, 5.74) is 9.89. The summed E-state index contributed by atoms with van der Waals surface area (Å²) in [4.78, 5) is 2.34. The number of rotatable bonds is 5. The highest BCUT2D eigenvalue weighted by atomic mass is 16.3. The molecule has 0 fully saturated rings. The van der Waals surface area contributed by atoms with Gasteiger partial charge in [0.15, 0.2) is 0 Å². The van der Waals surface area contributed by atoms with Crippen LogP contribution in [0.5, 0.6) is 0 Å². The lowest BCUT2D eigenvalue weighted by Crippen LogP contribution is -2.09. The van der Waals surface area contributed by atoms with E-state index in [1.165, 1.54) is 49.2 Å². The lowest BCUT2D eigenvalue weighted by atomic mass is 9.85. The van der Waals surface area contributed by atoms with Gasteiger partial charge in [-0.25, -0.2) is 0 Å². The first-order valence-electron chi connectivity index (χ1n) is 17.1. The minimum atomic E-state index is 0.873. The normalized spacial score (nSPS) is 11.6. The monoisotopic (exact) mass is 637 g/mol. The van der Waals surface area contributed by atoms with E-state index in [0.717, 1.165) is 44.4 Å². The van der Waals surface area contributed by atoms with E-state index >= 15 is 0 Å². The maximum atomic E-state index is 6.66. The molecule has 50 heavy (non-hydrogen) atoms. The molecule has 0 aliphatic rings. The standard InChI is InChI=1S/C48H31NO/c1-4-15-33(16-5-1)46-42-23-13-12-22-39(42)40-28-25-36(30-44(40)47(46)34-17-6-2-7-18-34)49(35-19-8-3-9-20-35)37-26-29-41-43-27-24-32-14-10-11-21-38(32)48(43)50-45(41)31-37/h1-31H. The minimum Gasteiger partial charge on any atom is -0.455 e. The van der Waals surface area contributed by atoms with Crippen molar-refractivity contribution in [3.05, 3.63) is 188 Å². The summed E-state index contributed by atoms with van der Waals surface area (Å²) < 4.78 is 6.66. The molecule has 0 saturated carbocycles. The van der Waals surface area contributed by atoms with Crippen molar-refractivity contribution >= 4 is 71.3 Å². The Balaban J connectivity index is 1.26. The molecule has 1 heterocycles. The highest BCUT2D eigenvalue weighted by molar-refractivity contribution is 6.22. The summed E-state index contributed by atoms with van der Waals surface area (Å²) in [6.07, 6.45) is 0. The summed E-state index contributed by atoms with van der Waals surface area (Å²) in [5.74, 6) is 0. The molecule has 0 aliphatic carbocycles. The summed E-state index contributed by atoms with van der Waals surface area (Å²) in [6.45, 7) is 0. The number of nitrogens with zero attached hydrogens (tertiary/aromatic N) is 1. The Bertz CT molecular complexity index is 2850. The van der Waals surface area contributed by atoms with Crippen LogP contribution in [-0.2, 0) is 0 Å². The number of hydrogen-bond donors (Lipinski definition) is 0. The van der Waals surface area contributed by atoms with Crippen LogP contribution in [-0.4, -0.2) is 0 Å². The molecule has 0 aliphatic heterocycles. The Morgan fingerprint density at radius 2 is 0.840 bits per heavy atom. The Kier molecular flexibility index (Phi) is 6.53. The SMILES string of the molecule is c1ccc(-c2c(-c3ccccc3)c3cc(N(c4ccccc4)c4ccc5c(c4)oc4c6ccccc6ccc54)ccc3c3ccccc23)cc1. The van der Waals surface area contributed by atoms with E-state index in [0.29, 0.717) is 0 Å². The van der Waals surface area contributed by atoms with Gasteiger partial charge in [-0.15, -0.1) is 0 Å². The maximum Gasteiger partial charge on any atom is 0.143 e. The van der Waals surface area contributed by atoms with Gasteiger partial charge in [-0.3, -0.25) is 0 Å². The molecular formula is C48H31NO. The lowest BCUT2D eigenvalue weighted by molar-refractivity contribution is 0.672. The van der Waals surface area contributed by atoms with Crippen molar-refractivity contribution in [2.24, 2.45) is 0 Å². The second-order valence-electron chi connectivity index (χ2n) is 12.9. The van der Waals surface area contributed by atoms with E-state index in [1.807, 2.05) is 0 Å². The van der Waals surface area contributed by atoms with E-state index in [9.17, 15) is 0 Å². The molecule has 0 saturated heterocycles. The highest BCUT2D eigenvalue weighted by Gasteiger charge is 2.21. The van der Waals surface area contributed by atoms with Crippen LogP contribution in [0.3, 0.4) is 0 Å². The summed E-state index contributed by atoms with van der Waals surface area (Å²) in [5, 5.41) is 9.50. The summed E-state index contributed by atoms with van der Waals surface area (Å²) in [7, 11) is 0. The van der Waals surface area contributed by atoms with E-state index < -0.39 is 0 Å². The third kappa shape index (κ3) is 4.50. The highest BCUT2D eigenvalue weighted by Crippen LogP contribution is 2.47. The van der Waals surface area contributed by atoms with Gasteiger partial charge in [-0.2, -0.15) is 0 Å². The molecule has 0 N–H and O–H groups in total. The Morgan fingerprint density at radius 1 is 0.320 bits per heavy atom. The van der Waals surface area contributed by atoms with Crippen molar-refractivity contribution in [1.82, 2.24) is 0 Å². The first-order valence-corrected chi connectivity index (χ1v) is 17.1. The van der Waals surface area contributed by atoms with Crippen LogP contribution in [0, 0.1) is 0 Å². The summed E-state index contributed by atoms with van der Waals surface area (Å²) >= 11 is 0. The Morgan fingerprint density at radius 3 is 1.56 bits per heavy atom. The number of furan rings is 1. The molecule has 1 aromatic heterocycles. The van der Waals surface area contributed by atoms with Crippen LogP contribution in [0.25, 0.3) is 76.5 Å². The Hall–Kier alpha value is -6.64. The molecule has 0 radical (unpaired) electrons. The topological polar surface area (TPSA) is 16.4 Å². The van der Waals surface area contributed by atoms with Crippen molar-refractivity contribution in [3.8, 4) is 22.3 Å². The fourth-order valence-corrected chi connectivity index (χ4v) is 7.78. The molecule has 10 rings (SSSR count). The van der Waals surface area contributed by atoms with Gasteiger partial charge >= 0.3 is 0 Å². The fourth-order valence-electron chi connectivity index (χ4n) is 7.78. The average molecular weight is 638 g/mol. The van der Waals surface area contributed by atoms with Crippen LogP contribution >= 0.6 is 0 Å². The van der Waals surface area contributed by atoms with Crippen LogP contribution < -0.4 is 4.90 Å². The Labute approximate surface area is 290 Å². The van der Waals surface area contributed by atoms with Gasteiger partial charge in [0.25, 0.3) is 0 Å².